The molecule has 0 radical (unpaired) electrons. The van der Waals surface area contributed by atoms with Gasteiger partial charge in [0.1, 0.15) is 17.7 Å². The van der Waals surface area contributed by atoms with E-state index in [1.165, 1.54) is 17.7 Å². The highest BCUT2D eigenvalue weighted by molar-refractivity contribution is 7.99. The fraction of sp³-hybridized carbons (Fsp3) is 0.286. The summed E-state index contributed by atoms with van der Waals surface area (Å²) in [5.41, 5.74) is 1.05. The van der Waals surface area contributed by atoms with Gasteiger partial charge in [-0.3, -0.25) is 0 Å². The molecule has 0 atom stereocenters. The maximum atomic E-state index is 8.68. The van der Waals surface area contributed by atoms with Crippen LogP contribution in [0.2, 0.25) is 0 Å². The normalized spacial score (nSPS) is 9.12. The van der Waals surface area contributed by atoms with Crippen LogP contribution in [0.15, 0.2) is 34.7 Å². The maximum absolute atomic E-state index is 8.68. The van der Waals surface area contributed by atoms with E-state index in [1.807, 2.05) is 30.3 Å². The first-order chi connectivity index (χ1) is 8.30. The van der Waals surface area contributed by atoms with Gasteiger partial charge in [-0.1, -0.05) is 25.5 Å². The van der Waals surface area contributed by atoms with E-state index in [4.69, 9.17) is 10.5 Å². The molecule has 0 saturated carbocycles. The van der Waals surface area contributed by atoms with Crippen molar-refractivity contribution >= 4 is 17.8 Å². The average molecular weight is 242 g/mol. The zero-order valence-corrected chi connectivity index (χ0v) is 10.6. The van der Waals surface area contributed by atoms with Gasteiger partial charge in [0.15, 0.2) is 0 Å². The summed E-state index contributed by atoms with van der Waals surface area (Å²) in [6, 6.07) is 11.6. The molecular weight excluding hydrogens is 228 g/mol. The lowest BCUT2D eigenvalue weighted by atomic mass is 10.1. The smallest absolute Gasteiger partial charge is 0.130 e. The lowest BCUT2D eigenvalue weighted by Crippen LogP contribution is -1.81. The molecule has 1 aromatic rings. The average Bonchev–Trinajstić information content (AvgIpc) is 2.37. The Morgan fingerprint density at radius 3 is 2.76 bits per heavy atom. The summed E-state index contributed by atoms with van der Waals surface area (Å²) in [4.78, 5) is 1.18. The predicted octanol–water partition coefficient (Wildman–Crippen LogP) is 4.01. The Bertz CT molecular complexity index is 462. The summed E-state index contributed by atoms with van der Waals surface area (Å²) in [5, 5.41) is 17.4. The Hall–Kier alpha value is -1.71. The van der Waals surface area contributed by atoms with Gasteiger partial charge in [-0.2, -0.15) is 10.5 Å². The second-order valence-corrected chi connectivity index (χ2v) is 4.72. The van der Waals surface area contributed by atoms with Crippen molar-refractivity contribution < 1.29 is 0 Å². The standard InChI is InChI=1S/C14H14N2S/c1-2-3-7-17-14-6-4-5-12(9-14)8-13(10-15)11-16/h4-6,8-9H,2-3,7H2,1H3. The highest BCUT2D eigenvalue weighted by atomic mass is 32.2. The summed E-state index contributed by atoms with van der Waals surface area (Å²) in [7, 11) is 0. The molecule has 3 heteroatoms. The van der Waals surface area contributed by atoms with Crippen molar-refractivity contribution in [2.24, 2.45) is 0 Å². The Morgan fingerprint density at radius 2 is 2.12 bits per heavy atom. The molecule has 0 spiro atoms. The fourth-order valence-electron chi connectivity index (χ4n) is 1.28. The van der Waals surface area contributed by atoms with E-state index in [0.29, 0.717) is 0 Å². The van der Waals surface area contributed by atoms with Crippen LogP contribution < -0.4 is 0 Å². The number of hydrogen-bond donors (Lipinski definition) is 0. The summed E-state index contributed by atoms with van der Waals surface area (Å²) in [6.45, 7) is 2.17. The molecule has 0 aromatic heterocycles. The minimum atomic E-state index is 0.140. The molecule has 0 aliphatic heterocycles. The van der Waals surface area contributed by atoms with E-state index in [-0.39, 0.29) is 5.57 Å². The summed E-state index contributed by atoms with van der Waals surface area (Å²) in [6.07, 6.45) is 4.01. The zero-order valence-electron chi connectivity index (χ0n) is 9.81. The molecule has 1 rings (SSSR count). The molecule has 0 unspecified atom stereocenters. The number of allylic oxidation sites excluding steroid dienone is 1. The van der Waals surface area contributed by atoms with E-state index >= 15 is 0 Å². The molecule has 0 aliphatic carbocycles. The van der Waals surface area contributed by atoms with E-state index in [0.717, 1.165) is 11.3 Å². The van der Waals surface area contributed by atoms with Crippen LogP contribution >= 0.6 is 11.8 Å². The zero-order chi connectivity index (χ0) is 12.5. The van der Waals surface area contributed by atoms with Crippen LogP contribution in [0.3, 0.4) is 0 Å². The molecule has 2 nitrogen and oxygen atoms in total. The van der Waals surface area contributed by atoms with Crippen molar-refractivity contribution in [3.8, 4) is 12.1 Å². The molecule has 0 N–H and O–H groups in total. The number of thioether (sulfide) groups is 1. The molecular formula is C14H14N2S. The first kappa shape index (κ1) is 13.4. The molecule has 0 fully saturated rings. The molecule has 0 bridgehead atoms. The monoisotopic (exact) mass is 242 g/mol. The summed E-state index contributed by atoms with van der Waals surface area (Å²) >= 11 is 1.81. The lowest BCUT2D eigenvalue weighted by molar-refractivity contribution is 0.896. The molecule has 86 valence electrons. The Balaban J connectivity index is 2.77. The molecule has 0 amide bonds. The molecule has 17 heavy (non-hydrogen) atoms. The second-order valence-electron chi connectivity index (χ2n) is 3.56. The minimum absolute atomic E-state index is 0.140. The van der Waals surface area contributed by atoms with Crippen molar-refractivity contribution in [2.45, 2.75) is 24.7 Å². The van der Waals surface area contributed by atoms with Gasteiger partial charge in [-0.15, -0.1) is 11.8 Å². The first-order valence-electron chi connectivity index (χ1n) is 5.55. The molecule has 0 aliphatic rings. The third-order valence-electron chi connectivity index (χ3n) is 2.18. The molecule has 0 saturated heterocycles. The summed E-state index contributed by atoms with van der Waals surface area (Å²) in [5.74, 6) is 1.10. The van der Waals surface area contributed by atoms with Crippen molar-refractivity contribution in [2.75, 3.05) is 5.75 Å². The van der Waals surface area contributed by atoms with Gasteiger partial charge in [-0.05, 0) is 35.9 Å². The van der Waals surface area contributed by atoms with Gasteiger partial charge in [0.05, 0.1) is 0 Å². The number of nitrogens with zero attached hydrogens (tertiary/aromatic N) is 2. The Kier molecular flexibility index (Phi) is 5.93. The number of benzene rings is 1. The van der Waals surface area contributed by atoms with E-state index < -0.39 is 0 Å². The van der Waals surface area contributed by atoms with Gasteiger partial charge < -0.3 is 0 Å². The largest absolute Gasteiger partial charge is 0.192 e. The van der Waals surface area contributed by atoms with Crippen molar-refractivity contribution in [3.63, 3.8) is 0 Å². The summed E-state index contributed by atoms with van der Waals surface area (Å²) < 4.78 is 0. The van der Waals surface area contributed by atoms with Gasteiger partial charge in [0, 0.05) is 4.90 Å². The molecule has 1 aromatic carbocycles. The maximum Gasteiger partial charge on any atom is 0.130 e. The van der Waals surface area contributed by atoms with Gasteiger partial charge in [-0.25, -0.2) is 0 Å². The Labute approximate surface area is 107 Å². The number of unbranched alkanes of at least 4 members (excludes halogenated alkanes) is 1. The first-order valence-corrected chi connectivity index (χ1v) is 6.53. The topological polar surface area (TPSA) is 47.6 Å². The second kappa shape index (κ2) is 7.54. The Morgan fingerprint density at radius 1 is 1.35 bits per heavy atom. The van der Waals surface area contributed by atoms with Gasteiger partial charge in [0.2, 0.25) is 0 Å². The minimum Gasteiger partial charge on any atom is -0.192 e. The van der Waals surface area contributed by atoms with Gasteiger partial charge in [0.25, 0.3) is 0 Å². The van der Waals surface area contributed by atoms with Crippen molar-refractivity contribution in [3.05, 3.63) is 35.4 Å². The highest BCUT2D eigenvalue weighted by Crippen LogP contribution is 2.21. The van der Waals surface area contributed by atoms with Crippen LogP contribution in [-0.2, 0) is 0 Å². The third-order valence-corrected chi connectivity index (χ3v) is 3.26. The van der Waals surface area contributed by atoms with Crippen molar-refractivity contribution in [1.29, 1.82) is 10.5 Å². The van der Waals surface area contributed by atoms with E-state index in [9.17, 15) is 0 Å². The fourth-order valence-corrected chi connectivity index (χ4v) is 2.35. The van der Waals surface area contributed by atoms with Crippen LogP contribution in [0.4, 0.5) is 0 Å². The van der Waals surface area contributed by atoms with Crippen LogP contribution in [0.25, 0.3) is 6.08 Å². The number of rotatable bonds is 5. The van der Waals surface area contributed by atoms with Gasteiger partial charge >= 0.3 is 0 Å². The van der Waals surface area contributed by atoms with E-state index in [1.54, 1.807) is 17.8 Å². The van der Waals surface area contributed by atoms with Crippen LogP contribution in [0.5, 0.6) is 0 Å². The SMILES string of the molecule is CCCCSc1cccc(C=C(C#N)C#N)c1. The lowest BCUT2D eigenvalue weighted by Gasteiger charge is -2.01. The third kappa shape index (κ3) is 4.76. The quantitative estimate of drug-likeness (QED) is 0.445. The highest BCUT2D eigenvalue weighted by Gasteiger charge is 1.97. The number of hydrogen-bond acceptors (Lipinski definition) is 3. The number of nitriles is 2. The van der Waals surface area contributed by atoms with Crippen molar-refractivity contribution in [1.82, 2.24) is 0 Å². The predicted molar refractivity (Wildman–Crippen MR) is 71.3 cm³/mol. The molecule has 0 heterocycles. The van der Waals surface area contributed by atoms with E-state index in [2.05, 4.69) is 13.0 Å². The van der Waals surface area contributed by atoms with Crippen LogP contribution in [-0.4, -0.2) is 5.75 Å². The van der Waals surface area contributed by atoms with Crippen LogP contribution in [0.1, 0.15) is 25.3 Å². The van der Waals surface area contributed by atoms with Crippen LogP contribution in [0, 0.1) is 22.7 Å².